The number of aromatic nitrogens is 2. The molecule has 0 saturated carbocycles. The van der Waals surface area contributed by atoms with Gasteiger partial charge in [-0.05, 0) is 12.5 Å². The largest absolute Gasteiger partial charge is 0.314 e. The maximum absolute atomic E-state index is 4.49. The molecular weight excluding hydrogens is 188 g/mol. The van der Waals surface area contributed by atoms with Crippen LogP contribution in [0.1, 0.15) is 12.6 Å². The maximum Gasteiger partial charge on any atom is 0.0621 e. The molecule has 1 aliphatic rings. The molecule has 1 fully saturated rings. The molecular formula is C11H20N4. The number of nitrogens with zero attached hydrogens (tertiary/aromatic N) is 3. The standard InChI is InChI=1S/C11H20N4/c1-2-11-3-6-15(13-11)10-9-14-7-4-12-5-8-14/h3,6,12H,2,4-5,7-10H2,1H3. The summed E-state index contributed by atoms with van der Waals surface area (Å²) < 4.78 is 2.06. The Morgan fingerprint density at radius 1 is 1.33 bits per heavy atom. The van der Waals surface area contributed by atoms with Crippen LogP contribution in [0.25, 0.3) is 0 Å². The van der Waals surface area contributed by atoms with Crippen LogP contribution in [0, 0.1) is 0 Å². The smallest absolute Gasteiger partial charge is 0.0621 e. The molecule has 1 aromatic rings. The van der Waals surface area contributed by atoms with Crippen molar-refractivity contribution in [2.75, 3.05) is 32.7 Å². The fourth-order valence-corrected chi connectivity index (χ4v) is 1.90. The van der Waals surface area contributed by atoms with Gasteiger partial charge in [0.25, 0.3) is 0 Å². The third-order valence-corrected chi connectivity index (χ3v) is 2.91. The molecule has 0 amide bonds. The molecule has 0 bridgehead atoms. The van der Waals surface area contributed by atoms with E-state index in [1.54, 1.807) is 0 Å². The predicted octanol–water partition coefficient (Wildman–Crippen LogP) is 0.351. The molecule has 84 valence electrons. The Labute approximate surface area is 91.3 Å². The molecule has 1 aromatic heterocycles. The molecule has 1 N–H and O–H groups in total. The van der Waals surface area contributed by atoms with Crippen molar-refractivity contribution in [3.63, 3.8) is 0 Å². The van der Waals surface area contributed by atoms with Crippen LogP contribution in [-0.2, 0) is 13.0 Å². The van der Waals surface area contributed by atoms with Gasteiger partial charge in [-0.3, -0.25) is 9.58 Å². The average molecular weight is 208 g/mol. The summed E-state index contributed by atoms with van der Waals surface area (Å²) in [7, 11) is 0. The Bertz CT molecular complexity index is 289. The van der Waals surface area contributed by atoms with Gasteiger partial charge in [0.05, 0.1) is 12.2 Å². The molecule has 0 unspecified atom stereocenters. The van der Waals surface area contributed by atoms with E-state index >= 15 is 0 Å². The average Bonchev–Trinajstić information content (AvgIpc) is 2.76. The normalized spacial score (nSPS) is 18.2. The van der Waals surface area contributed by atoms with Gasteiger partial charge in [0, 0.05) is 38.9 Å². The minimum Gasteiger partial charge on any atom is -0.314 e. The van der Waals surface area contributed by atoms with Gasteiger partial charge in [-0.25, -0.2) is 0 Å². The van der Waals surface area contributed by atoms with E-state index in [1.807, 2.05) is 0 Å². The van der Waals surface area contributed by atoms with Gasteiger partial charge < -0.3 is 5.32 Å². The van der Waals surface area contributed by atoms with Gasteiger partial charge in [0.2, 0.25) is 0 Å². The summed E-state index contributed by atoms with van der Waals surface area (Å²) in [6.45, 7) is 8.86. The van der Waals surface area contributed by atoms with E-state index < -0.39 is 0 Å². The summed E-state index contributed by atoms with van der Waals surface area (Å²) in [5.41, 5.74) is 1.19. The lowest BCUT2D eigenvalue weighted by Crippen LogP contribution is -2.44. The number of aryl methyl sites for hydroxylation is 1. The SMILES string of the molecule is CCc1ccn(CCN2CCNCC2)n1. The van der Waals surface area contributed by atoms with Crippen molar-refractivity contribution < 1.29 is 0 Å². The minimum atomic E-state index is 1.01. The molecule has 1 aliphatic heterocycles. The molecule has 15 heavy (non-hydrogen) atoms. The first-order valence-electron chi connectivity index (χ1n) is 5.84. The van der Waals surface area contributed by atoms with Crippen molar-refractivity contribution >= 4 is 0 Å². The van der Waals surface area contributed by atoms with Crippen LogP contribution >= 0.6 is 0 Å². The minimum absolute atomic E-state index is 1.01. The fraction of sp³-hybridized carbons (Fsp3) is 0.727. The maximum atomic E-state index is 4.49. The third-order valence-electron chi connectivity index (χ3n) is 2.91. The van der Waals surface area contributed by atoms with E-state index in [0.717, 1.165) is 32.6 Å². The number of piperazine rings is 1. The first kappa shape index (κ1) is 10.6. The van der Waals surface area contributed by atoms with Crippen molar-refractivity contribution in [1.29, 1.82) is 0 Å². The molecule has 0 aliphatic carbocycles. The van der Waals surface area contributed by atoms with E-state index in [2.05, 4.69) is 39.2 Å². The summed E-state index contributed by atoms with van der Waals surface area (Å²) in [6.07, 6.45) is 3.11. The molecule has 4 heteroatoms. The number of rotatable bonds is 4. The van der Waals surface area contributed by atoms with Gasteiger partial charge in [0.15, 0.2) is 0 Å². The summed E-state index contributed by atoms with van der Waals surface area (Å²) in [4.78, 5) is 2.49. The van der Waals surface area contributed by atoms with E-state index in [9.17, 15) is 0 Å². The lowest BCUT2D eigenvalue weighted by molar-refractivity contribution is 0.229. The second-order valence-corrected chi connectivity index (χ2v) is 4.02. The Morgan fingerprint density at radius 3 is 2.80 bits per heavy atom. The molecule has 1 saturated heterocycles. The van der Waals surface area contributed by atoms with Crippen LogP contribution in [0.3, 0.4) is 0 Å². The zero-order valence-corrected chi connectivity index (χ0v) is 9.45. The molecule has 0 radical (unpaired) electrons. The topological polar surface area (TPSA) is 33.1 Å². The van der Waals surface area contributed by atoms with Crippen LogP contribution in [0.4, 0.5) is 0 Å². The van der Waals surface area contributed by atoms with E-state index in [4.69, 9.17) is 0 Å². The van der Waals surface area contributed by atoms with Crippen molar-refractivity contribution in [1.82, 2.24) is 20.0 Å². The van der Waals surface area contributed by atoms with Gasteiger partial charge in [0.1, 0.15) is 0 Å². The first-order valence-corrected chi connectivity index (χ1v) is 5.84. The second kappa shape index (κ2) is 5.28. The number of hydrogen-bond donors (Lipinski definition) is 1. The number of nitrogens with one attached hydrogen (secondary N) is 1. The van der Waals surface area contributed by atoms with E-state index in [0.29, 0.717) is 0 Å². The quantitative estimate of drug-likeness (QED) is 0.775. The fourth-order valence-electron chi connectivity index (χ4n) is 1.90. The summed E-state index contributed by atoms with van der Waals surface area (Å²) in [5, 5.41) is 7.85. The molecule has 0 atom stereocenters. The monoisotopic (exact) mass is 208 g/mol. The molecule has 2 rings (SSSR count). The van der Waals surface area contributed by atoms with Crippen molar-refractivity contribution in [3.05, 3.63) is 18.0 Å². The van der Waals surface area contributed by atoms with Gasteiger partial charge >= 0.3 is 0 Å². The van der Waals surface area contributed by atoms with Crippen LogP contribution in [0.2, 0.25) is 0 Å². The molecule has 0 aromatic carbocycles. The Kier molecular flexibility index (Phi) is 3.75. The molecule has 2 heterocycles. The summed E-state index contributed by atoms with van der Waals surface area (Å²) in [5.74, 6) is 0. The van der Waals surface area contributed by atoms with Gasteiger partial charge in [-0.2, -0.15) is 5.10 Å². The van der Waals surface area contributed by atoms with Crippen LogP contribution in [-0.4, -0.2) is 47.4 Å². The van der Waals surface area contributed by atoms with Crippen LogP contribution < -0.4 is 5.32 Å². The highest BCUT2D eigenvalue weighted by Gasteiger charge is 2.08. The highest BCUT2D eigenvalue weighted by atomic mass is 15.3. The van der Waals surface area contributed by atoms with Crippen molar-refractivity contribution in [2.24, 2.45) is 0 Å². The highest BCUT2D eigenvalue weighted by Crippen LogP contribution is 1.98. The summed E-state index contributed by atoms with van der Waals surface area (Å²) >= 11 is 0. The third kappa shape index (κ3) is 3.04. The Morgan fingerprint density at radius 2 is 2.13 bits per heavy atom. The Balaban J connectivity index is 1.76. The zero-order chi connectivity index (χ0) is 10.5. The molecule has 0 spiro atoms. The van der Waals surface area contributed by atoms with Crippen molar-refractivity contribution in [2.45, 2.75) is 19.9 Å². The van der Waals surface area contributed by atoms with Crippen LogP contribution in [0.5, 0.6) is 0 Å². The highest BCUT2D eigenvalue weighted by molar-refractivity contribution is 4.97. The van der Waals surface area contributed by atoms with Gasteiger partial charge in [-0.1, -0.05) is 6.92 Å². The van der Waals surface area contributed by atoms with Crippen LogP contribution in [0.15, 0.2) is 12.3 Å². The molecule has 4 nitrogen and oxygen atoms in total. The van der Waals surface area contributed by atoms with Crippen molar-refractivity contribution in [3.8, 4) is 0 Å². The predicted molar refractivity (Wildman–Crippen MR) is 60.9 cm³/mol. The Hall–Kier alpha value is -0.870. The lowest BCUT2D eigenvalue weighted by atomic mass is 10.3. The summed E-state index contributed by atoms with van der Waals surface area (Å²) in [6, 6.07) is 2.11. The van der Waals surface area contributed by atoms with E-state index in [1.165, 1.54) is 18.8 Å². The number of hydrogen-bond acceptors (Lipinski definition) is 3. The first-order chi connectivity index (χ1) is 7.38. The zero-order valence-electron chi connectivity index (χ0n) is 9.45. The lowest BCUT2D eigenvalue weighted by Gasteiger charge is -2.26. The van der Waals surface area contributed by atoms with E-state index in [-0.39, 0.29) is 0 Å². The second-order valence-electron chi connectivity index (χ2n) is 4.02. The van der Waals surface area contributed by atoms with Gasteiger partial charge in [-0.15, -0.1) is 0 Å².